The topological polar surface area (TPSA) is 88.2 Å². The number of nitrogens with zero attached hydrogens (tertiary/aromatic N) is 1. The molecule has 3 aromatic rings. The van der Waals surface area contributed by atoms with Crippen LogP contribution in [-0.2, 0) is 16.6 Å². The average Bonchev–Trinajstić information content (AvgIpc) is 3.22. The highest BCUT2D eigenvalue weighted by molar-refractivity contribution is 7.99. The maximum Gasteiger partial charge on any atom is 0.255 e. The fourth-order valence-corrected chi connectivity index (χ4v) is 4.67. The van der Waals surface area contributed by atoms with Gasteiger partial charge in [-0.25, -0.2) is 18.1 Å². The van der Waals surface area contributed by atoms with Gasteiger partial charge in [0.05, 0.1) is 21.8 Å². The Balaban J connectivity index is 1.63. The summed E-state index contributed by atoms with van der Waals surface area (Å²) >= 11 is 3.10. The second-order valence-electron chi connectivity index (χ2n) is 5.70. The van der Waals surface area contributed by atoms with Crippen molar-refractivity contribution >= 4 is 44.7 Å². The van der Waals surface area contributed by atoms with Crippen LogP contribution in [0.3, 0.4) is 0 Å². The number of thiophene rings is 1. The number of pyridine rings is 1. The van der Waals surface area contributed by atoms with Crippen LogP contribution in [0.2, 0.25) is 0 Å². The average molecular weight is 434 g/mol. The van der Waals surface area contributed by atoms with Crippen molar-refractivity contribution in [2.24, 2.45) is 0 Å². The Hall–Kier alpha value is -2.20. The Morgan fingerprint density at radius 3 is 2.54 bits per heavy atom. The van der Waals surface area contributed by atoms with Crippen LogP contribution in [0.4, 0.5) is 5.69 Å². The molecule has 0 bridgehead atoms. The molecular weight excluding hydrogens is 414 g/mol. The van der Waals surface area contributed by atoms with Crippen LogP contribution in [0, 0.1) is 0 Å². The molecule has 0 atom stereocenters. The molecule has 0 aliphatic rings. The third-order valence-electron chi connectivity index (χ3n) is 3.73. The van der Waals surface area contributed by atoms with Gasteiger partial charge in [-0.3, -0.25) is 4.79 Å². The van der Waals surface area contributed by atoms with E-state index in [2.05, 4.69) is 15.0 Å². The van der Waals surface area contributed by atoms with Gasteiger partial charge in [-0.05, 0) is 53.6 Å². The molecule has 2 heterocycles. The molecule has 0 radical (unpaired) electrons. The Bertz CT molecular complexity index is 1020. The number of carbonyl (C=O) groups is 1. The lowest BCUT2D eigenvalue weighted by atomic mass is 10.2. The first-order chi connectivity index (χ1) is 13.5. The van der Waals surface area contributed by atoms with Gasteiger partial charge in [0.1, 0.15) is 0 Å². The molecule has 9 heteroatoms. The fraction of sp³-hybridized carbons (Fsp3) is 0.158. The van der Waals surface area contributed by atoms with E-state index in [9.17, 15) is 13.2 Å². The van der Waals surface area contributed by atoms with Gasteiger partial charge in [0.25, 0.3) is 5.91 Å². The molecule has 0 aliphatic carbocycles. The zero-order valence-electron chi connectivity index (χ0n) is 15.1. The summed E-state index contributed by atoms with van der Waals surface area (Å²) in [6, 6.07) is 13.2. The highest BCUT2D eigenvalue weighted by Gasteiger charge is 2.15. The number of nitrogens with one attached hydrogen (secondary N) is 2. The number of benzene rings is 1. The summed E-state index contributed by atoms with van der Waals surface area (Å²) in [6.07, 6.45) is 1.60. The summed E-state index contributed by atoms with van der Waals surface area (Å²) in [7, 11) is -3.64. The van der Waals surface area contributed by atoms with Crippen molar-refractivity contribution in [2.45, 2.75) is 23.4 Å². The highest BCUT2D eigenvalue weighted by atomic mass is 32.2. The van der Waals surface area contributed by atoms with Crippen LogP contribution in [0.15, 0.2) is 70.0 Å². The fourth-order valence-electron chi connectivity index (χ4n) is 2.34. The summed E-state index contributed by atoms with van der Waals surface area (Å²) in [6.45, 7) is 2.28. The molecule has 2 N–H and O–H groups in total. The lowest BCUT2D eigenvalue weighted by Crippen LogP contribution is -2.23. The minimum Gasteiger partial charge on any atom is -0.321 e. The van der Waals surface area contributed by atoms with Crippen molar-refractivity contribution in [1.29, 1.82) is 0 Å². The summed E-state index contributed by atoms with van der Waals surface area (Å²) in [5.74, 6) is 0.601. The lowest BCUT2D eigenvalue weighted by molar-refractivity contribution is 0.102. The van der Waals surface area contributed by atoms with E-state index >= 15 is 0 Å². The number of hydrogen-bond acceptors (Lipinski definition) is 6. The minimum atomic E-state index is -3.64. The molecule has 0 fully saturated rings. The van der Waals surface area contributed by atoms with Gasteiger partial charge < -0.3 is 5.32 Å². The largest absolute Gasteiger partial charge is 0.321 e. The molecule has 0 aliphatic heterocycles. The maximum atomic E-state index is 12.4. The maximum absolute atomic E-state index is 12.4. The van der Waals surface area contributed by atoms with Crippen molar-refractivity contribution < 1.29 is 13.2 Å². The van der Waals surface area contributed by atoms with E-state index in [0.717, 1.165) is 15.7 Å². The van der Waals surface area contributed by atoms with Gasteiger partial charge in [-0.15, -0.1) is 23.1 Å². The summed E-state index contributed by atoms with van der Waals surface area (Å²) < 4.78 is 27.3. The predicted molar refractivity (Wildman–Crippen MR) is 113 cm³/mol. The normalized spacial score (nSPS) is 11.3. The Morgan fingerprint density at radius 1 is 1.14 bits per heavy atom. The number of carbonyl (C=O) groups excluding carboxylic acids is 1. The summed E-state index contributed by atoms with van der Waals surface area (Å²) in [4.78, 5) is 17.7. The number of aromatic nitrogens is 1. The number of rotatable bonds is 8. The van der Waals surface area contributed by atoms with Crippen LogP contribution < -0.4 is 10.0 Å². The zero-order valence-corrected chi connectivity index (χ0v) is 17.5. The van der Waals surface area contributed by atoms with Crippen LogP contribution in [0.25, 0.3) is 0 Å². The number of thioether (sulfide) groups is 1. The molecule has 0 saturated carbocycles. The smallest absolute Gasteiger partial charge is 0.255 e. The van der Waals surface area contributed by atoms with E-state index in [4.69, 9.17) is 0 Å². The van der Waals surface area contributed by atoms with Gasteiger partial charge in [0, 0.05) is 17.0 Å². The second-order valence-corrected chi connectivity index (χ2v) is 9.78. The molecule has 1 aromatic carbocycles. The third-order valence-corrected chi connectivity index (χ3v) is 6.85. The number of anilines is 1. The molecule has 1 amide bonds. The first-order valence-corrected chi connectivity index (χ1v) is 11.8. The van der Waals surface area contributed by atoms with E-state index in [1.807, 2.05) is 30.5 Å². The zero-order chi connectivity index (χ0) is 20.0. The van der Waals surface area contributed by atoms with Gasteiger partial charge in [-0.1, -0.05) is 13.0 Å². The first-order valence-electron chi connectivity index (χ1n) is 8.50. The van der Waals surface area contributed by atoms with E-state index in [-0.39, 0.29) is 17.3 Å². The molecule has 28 heavy (non-hydrogen) atoms. The third kappa shape index (κ3) is 5.41. The van der Waals surface area contributed by atoms with Gasteiger partial charge in [0.15, 0.2) is 0 Å². The first kappa shape index (κ1) is 20.5. The Labute approximate surface area is 172 Å². The lowest BCUT2D eigenvalue weighted by Gasteiger charge is -2.08. The standard InChI is InChI=1S/C19H19N3O3S3/c1-2-26-18-10-7-15(12-20-18)22-19(23)14-5-8-17(9-6-14)28(24,25)21-13-16-4-3-11-27-16/h3-12,21H,2,13H2,1H3,(H,22,23). The molecular formula is C19H19N3O3S3. The van der Waals surface area contributed by atoms with Crippen LogP contribution >= 0.6 is 23.1 Å². The second kappa shape index (κ2) is 9.33. The molecule has 2 aromatic heterocycles. The van der Waals surface area contributed by atoms with Crippen molar-refractivity contribution in [1.82, 2.24) is 9.71 Å². The van der Waals surface area contributed by atoms with E-state index in [1.54, 1.807) is 24.0 Å². The number of sulfonamides is 1. The molecule has 3 rings (SSSR count). The number of hydrogen-bond donors (Lipinski definition) is 2. The van der Waals surface area contributed by atoms with Gasteiger partial charge in [-0.2, -0.15) is 0 Å². The van der Waals surface area contributed by atoms with Crippen molar-refractivity contribution in [2.75, 3.05) is 11.1 Å². The van der Waals surface area contributed by atoms with E-state index < -0.39 is 10.0 Å². The van der Waals surface area contributed by atoms with Crippen molar-refractivity contribution in [3.8, 4) is 0 Å². The van der Waals surface area contributed by atoms with Crippen LogP contribution in [0.1, 0.15) is 22.2 Å². The summed E-state index contributed by atoms with van der Waals surface area (Å²) in [5.41, 5.74) is 0.948. The molecule has 146 valence electrons. The Kier molecular flexibility index (Phi) is 6.84. The van der Waals surface area contributed by atoms with Crippen molar-refractivity contribution in [3.63, 3.8) is 0 Å². The Morgan fingerprint density at radius 2 is 1.93 bits per heavy atom. The molecule has 6 nitrogen and oxygen atoms in total. The quantitative estimate of drug-likeness (QED) is 0.525. The SMILES string of the molecule is CCSc1ccc(NC(=O)c2ccc(S(=O)(=O)NCc3cccs3)cc2)cn1. The highest BCUT2D eigenvalue weighted by Crippen LogP contribution is 2.18. The predicted octanol–water partition coefficient (Wildman–Crippen LogP) is 3.99. The van der Waals surface area contributed by atoms with E-state index in [1.165, 1.54) is 35.6 Å². The van der Waals surface area contributed by atoms with Crippen LogP contribution in [0.5, 0.6) is 0 Å². The monoisotopic (exact) mass is 433 g/mol. The number of amides is 1. The van der Waals surface area contributed by atoms with E-state index in [0.29, 0.717) is 11.3 Å². The van der Waals surface area contributed by atoms with Crippen LogP contribution in [-0.4, -0.2) is 25.1 Å². The van der Waals surface area contributed by atoms with Gasteiger partial charge in [0.2, 0.25) is 10.0 Å². The molecule has 0 unspecified atom stereocenters. The van der Waals surface area contributed by atoms with Gasteiger partial charge >= 0.3 is 0 Å². The summed E-state index contributed by atoms with van der Waals surface area (Å²) in [5, 5.41) is 5.54. The molecule has 0 spiro atoms. The minimum absolute atomic E-state index is 0.114. The molecule has 0 saturated heterocycles. The van der Waals surface area contributed by atoms with Crippen molar-refractivity contribution in [3.05, 3.63) is 70.5 Å².